The molecule has 2 aliphatic rings. The van der Waals surface area contributed by atoms with Crippen LogP contribution in [0, 0.1) is 5.92 Å². The van der Waals surface area contributed by atoms with Crippen molar-refractivity contribution in [3.63, 3.8) is 0 Å². The van der Waals surface area contributed by atoms with E-state index in [0.29, 0.717) is 19.3 Å². The molecule has 0 saturated heterocycles. The zero-order chi connectivity index (χ0) is 17.0. The number of phenolic OH excluding ortho intramolecular Hbond substituents is 1. The van der Waals surface area contributed by atoms with E-state index in [-0.39, 0.29) is 18.1 Å². The van der Waals surface area contributed by atoms with Crippen LogP contribution in [0.5, 0.6) is 5.75 Å². The van der Waals surface area contributed by atoms with Crippen LogP contribution in [0.15, 0.2) is 18.2 Å². The maximum Gasteiger partial charge on any atom is 0.419 e. The highest BCUT2D eigenvalue weighted by molar-refractivity contribution is 5.43. The number of hydrogen-bond acceptors (Lipinski definition) is 3. The fourth-order valence-corrected chi connectivity index (χ4v) is 4.63. The summed E-state index contributed by atoms with van der Waals surface area (Å²) in [6, 6.07) is 4.94. The van der Waals surface area contributed by atoms with Crippen LogP contribution in [0.2, 0.25) is 0 Å². The third kappa shape index (κ3) is 2.26. The van der Waals surface area contributed by atoms with Crippen LogP contribution in [0.3, 0.4) is 0 Å². The van der Waals surface area contributed by atoms with Crippen molar-refractivity contribution in [2.24, 2.45) is 5.92 Å². The number of aromatic hydroxyl groups is 1. The van der Waals surface area contributed by atoms with Crippen LogP contribution >= 0.6 is 0 Å². The number of rotatable bonds is 1. The summed E-state index contributed by atoms with van der Waals surface area (Å²) >= 11 is 0. The van der Waals surface area contributed by atoms with E-state index in [2.05, 4.69) is 0 Å². The van der Waals surface area contributed by atoms with E-state index < -0.39 is 29.7 Å². The topological polar surface area (TPSA) is 60.7 Å². The number of benzene rings is 1. The van der Waals surface area contributed by atoms with Crippen LogP contribution < -0.4 is 0 Å². The number of alkyl halides is 3. The molecule has 0 bridgehead atoms. The number of fused-ring (bicyclic) bond motifs is 3. The molecule has 0 aliphatic heterocycles. The number of hydrogen-bond donors (Lipinski definition) is 3. The molecule has 1 saturated carbocycles. The van der Waals surface area contributed by atoms with E-state index in [0.717, 1.165) is 11.1 Å². The van der Waals surface area contributed by atoms with Gasteiger partial charge in [0.05, 0.1) is 6.10 Å². The molecule has 0 heterocycles. The van der Waals surface area contributed by atoms with Gasteiger partial charge in [0.1, 0.15) is 5.75 Å². The molecule has 0 spiro atoms. The normalized spacial score (nSPS) is 37.1. The standard InChI is InChI=1S/C17H21F3O3/c1-2-15-9-14(22)16(23,17(18,19)20)8-11(15)4-3-10-7-12(21)5-6-13(10)15/h5-7,11,14,21-23H,2-4,8-9H2,1H3/t11-,14+,15-,16+/m1/s1. The number of phenols is 1. The summed E-state index contributed by atoms with van der Waals surface area (Å²) in [6.07, 6.45) is -5.64. The van der Waals surface area contributed by atoms with Gasteiger partial charge in [-0.3, -0.25) is 0 Å². The van der Waals surface area contributed by atoms with E-state index in [4.69, 9.17) is 0 Å². The molecule has 23 heavy (non-hydrogen) atoms. The van der Waals surface area contributed by atoms with Crippen molar-refractivity contribution in [1.29, 1.82) is 0 Å². The lowest BCUT2D eigenvalue weighted by atomic mass is 9.52. The Morgan fingerprint density at radius 1 is 1.26 bits per heavy atom. The van der Waals surface area contributed by atoms with Crippen molar-refractivity contribution in [1.82, 2.24) is 0 Å². The first kappa shape index (κ1) is 16.6. The summed E-state index contributed by atoms with van der Waals surface area (Å²) in [5.41, 5.74) is -1.80. The first-order valence-electron chi connectivity index (χ1n) is 7.93. The predicted octanol–water partition coefficient (Wildman–Crippen LogP) is 3.05. The Kier molecular flexibility index (Phi) is 3.69. The van der Waals surface area contributed by atoms with Crippen LogP contribution in [0.1, 0.15) is 43.7 Å². The molecule has 3 nitrogen and oxygen atoms in total. The van der Waals surface area contributed by atoms with E-state index in [1.165, 1.54) is 6.07 Å². The van der Waals surface area contributed by atoms with Crippen LogP contribution in [-0.2, 0) is 11.8 Å². The van der Waals surface area contributed by atoms with Gasteiger partial charge in [0, 0.05) is 5.41 Å². The Balaban J connectivity index is 2.07. The van der Waals surface area contributed by atoms with Crippen LogP contribution in [0.25, 0.3) is 0 Å². The fourth-order valence-electron chi connectivity index (χ4n) is 4.63. The van der Waals surface area contributed by atoms with Gasteiger partial charge in [0.15, 0.2) is 5.60 Å². The minimum Gasteiger partial charge on any atom is -0.508 e. The molecule has 1 aromatic rings. The first-order valence-corrected chi connectivity index (χ1v) is 7.93. The second kappa shape index (κ2) is 5.11. The SMILES string of the molecule is CC[C@@]12C[C@H](O)[C@](O)(C(F)(F)F)C[C@H]1CCc1cc(O)ccc12. The monoisotopic (exact) mass is 330 g/mol. The molecule has 128 valence electrons. The number of halogens is 3. The third-order valence-electron chi connectivity index (χ3n) is 5.96. The molecular weight excluding hydrogens is 309 g/mol. The lowest BCUT2D eigenvalue weighted by Gasteiger charge is -2.55. The molecule has 6 heteroatoms. The number of aliphatic hydroxyl groups is 2. The zero-order valence-corrected chi connectivity index (χ0v) is 12.9. The highest BCUT2D eigenvalue weighted by Gasteiger charge is 2.65. The maximum absolute atomic E-state index is 13.3. The lowest BCUT2D eigenvalue weighted by molar-refractivity contribution is -0.310. The second-order valence-corrected chi connectivity index (χ2v) is 6.93. The molecule has 0 amide bonds. The average Bonchev–Trinajstić information content (AvgIpc) is 2.47. The minimum atomic E-state index is -4.85. The van der Waals surface area contributed by atoms with E-state index >= 15 is 0 Å². The summed E-state index contributed by atoms with van der Waals surface area (Å²) < 4.78 is 39.8. The molecule has 0 radical (unpaired) electrons. The minimum absolute atomic E-state index is 0.123. The Hall–Kier alpha value is -1.27. The highest BCUT2D eigenvalue weighted by atomic mass is 19.4. The fraction of sp³-hybridized carbons (Fsp3) is 0.647. The summed E-state index contributed by atoms with van der Waals surface area (Å²) in [6.45, 7) is 1.90. The molecule has 0 unspecified atom stereocenters. The summed E-state index contributed by atoms with van der Waals surface area (Å²) in [5, 5.41) is 29.9. The van der Waals surface area contributed by atoms with Gasteiger partial charge in [0.2, 0.25) is 0 Å². The number of aliphatic hydroxyl groups excluding tert-OH is 1. The van der Waals surface area contributed by atoms with Gasteiger partial charge in [-0.2, -0.15) is 13.2 Å². The van der Waals surface area contributed by atoms with Gasteiger partial charge in [0.25, 0.3) is 0 Å². The third-order valence-corrected chi connectivity index (χ3v) is 5.96. The smallest absolute Gasteiger partial charge is 0.419 e. The van der Waals surface area contributed by atoms with Crippen LogP contribution in [-0.4, -0.2) is 33.2 Å². The lowest BCUT2D eigenvalue weighted by Crippen LogP contribution is -2.63. The summed E-state index contributed by atoms with van der Waals surface area (Å²) in [4.78, 5) is 0. The molecule has 3 rings (SSSR count). The zero-order valence-electron chi connectivity index (χ0n) is 12.9. The number of aryl methyl sites for hydroxylation is 1. The summed E-state index contributed by atoms with van der Waals surface area (Å²) in [5.74, 6) is -0.212. The van der Waals surface area contributed by atoms with Gasteiger partial charge in [-0.15, -0.1) is 0 Å². The molecule has 1 aromatic carbocycles. The van der Waals surface area contributed by atoms with Gasteiger partial charge in [-0.25, -0.2) is 0 Å². The van der Waals surface area contributed by atoms with Crippen molar-refractivity contribution in [2.75, 3.05) is 0 Å². The van der Waals surface area contributed by atoms with Crippen molar-refractivity contribution in [3.8, 4) is 5.75 Å². The molecular formula is C17H21F3O3. The molecule has 0 aromatic heterocycles. The predicted molar refractivity (Wildman–Crippen MR) is 78.1 cm³/mol. The van der Waals surface area contributed by atoms with Gasteiger partial charge >= 0.3 is 6.18 Å². The quantitative estimate of drug-likeness (QED) is 0.742. The maximum atomic E-state index is 13.3. The molecule has 2 aliphatic carbocycles. The van der Waals surface area contributed by atoms with E-state index in [1.807, 2.05) is 6.92 Å². The van der Waals surface area contributed by atoms with Crippen molar-refractivity contribution >= 4 is 0 Å². The average molecular weight is 330 g/mol. The van der Waals surface area contributed by atoms with Crippen molar-refractivity contribution < 1.29 is 28.5 Å². The first-order chi connectivity index (χ1) is 10.6. The highest BCUT2D eigenvalue weighted by Crippen LogP contribution is 2.57. The largest absolute Gasteiger partial charge is 0.508 e. The summed E-state index contributed by atoms with van der Waals surface area (Å²) in [7, 11) is 0. The molecule has 3 N–H and O–H groups in total. The van der Waals surface area contributed by atoms with Gasteiger partial charge in [-0.05, 0) is 61.3 Å². The van der Waals surface area contributed by atoms with E-state index in [1.54, 1.807) is 12.1 Å². The second-order valence-electron chi connectivity index (χ2n) is 6.93. The van der Waals surface area contributed by atoms with Crippen molar-refractivity contribution in [2.45, 2.75) is 62.3 Å². The van der Waals surface area contributed by atoms with E-state index in [9.17, 15) is 28.5 Å². The van der Waals surface area contributed by atoms with Crippen molar-refractivity contribution in [3.05, 3.63) is 29.3 Å². The Bertz CT molecular complexity index is 616. The van der Waals surface area contributed by atoms with Gasteiger partial charge in [-0.1, -0.05) is 13.0 Å². The molecule has 1 fully saturated rings. The Morgan fingerprint density at radius 2 is 1.96 bits per heavy atom. The Labute approximate surface area is 132 Å². The van der Waals surface area contributed by atoms with Crippen LogP contribution in [0.4, 0.5) is 13.2 Å². The van der Waals surface area contributed by atoms with Gasteiger partial charge < -0.3 is 15.3 Å². The Morgan fingerprint density at radius 3 is 2.57 bits per heavy atom. The molecule has 4 atom stereocenters.